The summed E-state index contributed by atoms with van der Waals surface area (Å²) in [6.45, 7) is 5.06. The zero-order valence-corrected chi connectivity index (χ0v) is 13.3. The minimum atomic E-state index is -0.517. The average molecular weight is 318 g/mol. The van der Waals surface area contributed by atoms with Crippen LogP contribution in [0.1, 0.15) is 24.9 Å². The van der Waals surface area contributed by atoms with Crippen LogP contribution in [0.2, 0.25) is 0 Å². The predicted octanol–water partition coefficient (Wildman–Crippen LogP) is 3.32. The van der Waals surface area contributed by atoms with Crippen molar-refractivity contribution in [3.8, 4) is 0 Å². The second kappa shape index (κ2) is 6.48. The van der Waals surface area contributed by atoms with Gasteiger partial charge in [0.2, 0.25) is 0 Å². The predicted molar refractivity (Wildman–Crippen MR) is 86.7 cm³/mol. The van der Waals surface area contributed by atoms with Gasteiger partial charge in [-0.1, -0.05) is 13.0 Å². The molecule has 1 fully saturated rings. The van der Waals surface area contributed by atoms with Gasteiger partial charge in [0.05, 0.1) is 0 Å². The van der Waals surface area contributed by atoms with Gasteiger partial charge in [0.1, 0.15) is 29.0 Å². The molecule has 1 N–H and O–H groups in total. The molecule has 2 aromatic rings. The number of aryl methyl sites for hydroxylation is 2. The third-order valence-electron chi connectivity index (χ3n) is 4.05. The van der Waals surface area contributed by atoms with E-state index >= 15 is 0 Å². The van der Waals surface area contributed by atoms with Crippen molar-refractivity contribution in [3.63, 3.8) is 0 Å². The van der Waals surface area contributed by atoms with Crippen LogP contribution >= 0.6 is 0 Å². The van der Waals surface area contributed by atoms with Crippen LogP contribution in [0.4, 0.5) is 20.3 Å². The van der Waals surface area contributed by atoms with Crippen LogP contribution in [0.15, 0.2) is 24.3 Å². The van der Waals surface area contributed by atoms with Crippen molar-refractivity contribution in [1.82, 2.24) is 9.97 Å². The molecule has 0 spiro atoms. The molecular formula is C17H20F2N4. The molecule has 1 aromatic heterocycles. The summed E-state index contributed by atoms with van der Waals surface area (Å²) in [5.74, 6) is 0.464. The Morgan fingerprint density at radius 3 is 2.70 bits per heavy atom. The van der Waals surface area contributed by atoms with Crippen LogP contribution in [0.25, 0.3) is 0 Å². The van der Waals surface area contributed by atoms with E-state index < -0.39 is 11.6 Å². The van der Waals surface area contributed by atoms with Crippen LogP contribution < -0.4 is 10.2 Å². The Morgan fingerprint density at radius 1 is 1.26 bits per heavy atom. The van der Waals surface area contributed by atoms with Crippen molar-refractivity contribution >= 4 is 11.5 Å². The Balaban J connectivity index is 1.72. The molecule has 0 bridgehead atoms. The molecule has 122 valence electrons. The normalized spacial score (nSPS) is 17.6. The fourth-order valence-electron chi connectivity index (χ4n) is 2.97. The Hall–Kier alpha value is -2.24. The number of aromatic nitrogens is 2. The van der Waals surface area contributed by atoms with E-state index in [-0.39, 0.29) is 11.7 Å². The summed E-state index contributed by atoms with van der Waals surface area (Å²) in [4.78, 5) is 10.5. The number of halogens is 2. The summed E-state index contributed by atoms with van der Waals surface area (Å²) < 4.78 is 27.8. The van der Waals surface area contributed by atoms with E-state index in [2.05, 4.69) is 15.3 Å². The van der Waals surface area contributed by atoms with Crippen molar-refractivity contribution in [2.75, 3.05) is 23.3 Å². The van der Waals surface area contributed by atoms with Gasteiger partial charge in [0, 0.05) is 30.9 Å². The third kappa shape index (κ3) is 3.41. The second-order valence-electron chi connectivity index (χ2n) is 5.79. The molecule has 4 nitrogen and oxygen atoms in total. The fourth-order valence-corrected chi connectivity index (χ4v) is 2.97. The van der Waals surface area contributed by atoms with E-state index in [0.29, 0.717) is 13.1 Å². The van der Waals surface area contributed by atoms with E-state index in [9.17, 15) is 8.78 Å². The Kier molecular flexibility index (Phi) is 4.41. The highest BCUT2D eigenvalue weighted by atomic mass is 19.1. The van der Waals surface area contributed by atoms with Crippen molar-refractivity contribution < 1.29 is 8.78 Å². The van der Waals surface area contributed by atoms with E-state index in [1.165, 1.54) is 18.2 Å². The first-order valence-corrected chi connectivity index (χ1v) is 7.87. The topological polar surface area (TPSA) is 41.0 Å². The number of benzene rings is 1. The van der Waals surface area contributed by atoms with Gasteiger partial charge in [-0.2, -0.15) is 0 Å². The maximum atomic E-state index is 13.9. The average Bonchev–Trinajstić information content (AvgIpc) is 2.94. The number of hydrogen-bond donors (Lipinski definition) is 1. The minimum Gasteiger partial charge on any atom is -0.365 e. The number of para-hydroxylation sites is 1. The lowest BCUT2D eigenvalue weighted by Gasteiger charge is -2.20. The number of rotatable bonds is 4. The number of nitrogens with zero attached hydrogens (tertiary/aromatic N) is 3. The first-order chi connectivity index (χ1) is 11.1. The summed E-state index contributed by atoms with van der Waals surface area (Å²) in [7, 11) is 0. The van der Waals surface area contributed by atoms with Crippen LogP contribution in [0.5, 0.6) is 0 Å². The highest BCUT2D eigenvalue weighted by Crippen LogP contribution is 2.27. The largest absolute Gasteiger partial charge is 0.365 e. The monoisotopic (exact) mass is 318 g/mol. The van der Waals surface area contributed by atoms with Gasteiger partial charge in [-0.15, -0.1) is 0 Å². The first-order valence-electron chi connectivity index (χ1n) is 7.87. The molecule has 0 radical (unpaired) electrons. The number of hydrogen-bond acceptors (Lipinski definition) is 4. The van der Waals surface area contributed by atoms with Crippen LogP contribution in [0.3, 0.4) is 0 Å². The van der Waals surface area contributed by atoms with E-state index in [1.54, 1.807) is 4.90 Å². The van der Waals surface area contributed by atoms with Crippen molar-refractivity contribution in [3.05, 3.63) is 47.4 Å². The molecule has 0 amide bonds. The molecule has 1 aliphatic rings. The van der Waals surface area contributed by atoms with E-state index in [0.717, 1.165) is 30.2 Å². The van der Waals surface area contributed by atoms with Crippen LogP contribution in [0, 0.1) is 18.6 Å². The summed E-state index contributed by atoms with van der Waals surface area (Å²) in [6.07, 6.45) is 1.65. The molecule has 0 saturated carbocycles. The molecule has 1 saturated heterocycles. The summed E-state index contributed by atoms with van der Waals surface area (Å²) >= 11 is 0. The van der Waals surface area contributed by atoms with Gasteiger partial charge in [0.15, 0.2) is 0 Å². The van der Waals surface area contributed by atoms with Crippen molar-refractivity contribution in [1.29, 1.82) is 0 Å². The molecule has 23 heavy (non-hydrogen) atoms. The number of anilines is 2. The fraction of sp³-hybridized carbons (Fsp3) is 0.412. The van der Waals surface area contributed by atoms with Crippen molar-refractivity contribution in [2.45, 2.75) is 32.7 Å². The lowest BCUT2D eigenvalue weighted by Crippen LogP contribution is -2.27. The minimum absolute atomic E-state index is 0.0601. The Morgan fingerprint density at radius 2 is 2.00 bits per heavy atom. The molecule has 1 aromatic carbocycles. The summed E-state index contributed by atoms with van der Waals surface area (Å²) in [5, 5.41) is 3.36. The Bertz CT molecular complexity index is 685. The molecule has 1 aliphatic heterocycles. The van der Waals surface area contributed by atoms with Crippen molar-refractivity contribution in [2.24, 2.45) is 0 Å². The first kappa shape index (κ1) is 15.6. The van der Waals surface area contributed by atoms with Crippen LogP contribution in [-0.4, -0.2) is 29.1 Å². The molecule has 0 aliphatic carbocycles. The number of nitrogens with one attached hydrogen (secondary N) is 1. The Labute approximate surface area is 134 Å². The summed E-state index contributed by atoms with van der Waals surface area (Å²) in [5.41, 5.74) is 1.04. The van der Waals surface area contributed by atoms with Crippen LogP contribution in [-0.2, 0) is 6.42 Å². The van der Waals surface area contributed by atoms with E-state index in [4.69, 9.17) is 0 Å². The van der Waals surface area contributed by atoms with Gasteiger partial charge in [-0.3, -0.25) is 0 Å². The molecular weight excluding hydrogens is 298 g/mol. The smallest absolute Gasteiger partial charge is 0.149 e. The lowest BCUT2D eigenvalue weighted by atomic mass is 10.2. The lowest BCUT2D eigenvalue weighted by molar-refractivity contribution is 0.577. The maximum absolute atomic E-state index is 13.9. The van der Waals surface area contributed by atoms with Gasteiger partial charge < -0.3 is 10.2 Å². The molecule has 3 rings (SSSR count). The molecule has 2 heterocycles. The highest BCUT2D eigenvalue weighted by molar-refractivity contribution is 5.51. The SMILES string of the molecule is CCc1cc(NC2CCN(c3c(F)cccc3F)C2)nc(C)n1. The highest BCUT2D eigenvalue weighted by Gasteiger charge is 2.26. The van der Waals surface area contributed by atoms with Gasteiger partial charge in [-0.25, -0.2) is 18.7 Å². The van der Waals surface area contributed by atoms with Gasteiger partial charge >= 0.3 is 0 Å². The zero-order valence-electron chi connectivity index (χ0n) is 13.3. The van der Waals surface area contributed by atoms with E-state index in [1.807, 2.05) is 19.9 Å². The van der Waals surface area contributed by atoms with Gasteiger partial charge in [-0.05, 0) is 31.9 Å². The quantitative estimate of drug-likeness (QED) is 0.939. The molecule has 1 atom stereocenters. The third-order valence-corrected chi connectivity index (χ3v) is 4.05. The molecule has 6 heteroatoms. The standard InChI is InChI=1S/C17H20F2N4/c1-3-12-9-16(21-11(2)20-12)22-13-7-8-23(10-13)17-14(18)5-4-6-15(17)19/h4-6,9,13H,3,7-8,10H2,1-2H3,(H,20,21,22). The second-order valence-corrected chi connectivity index (χ2v) is 5.79. The summed E-state index contributed by atoms with van der Waals surface area (Å²) in [6, 6.07) is 6.00. The van der Waals surface area contributed by atoms with Gasteiger partial charge in [0.25, 0.3) is 0 Å². The molecule has 1 unspecified atom stereocenters. The maximum Gasteiger partial charge on any atom is 0.149 e. The zero-order chi connectivity index (χ0) is 16.4.